The number of likely N-dealkylation sites (N-methyl/N-ethyl adjacent to an activating group) is 1. The second-order valence-electron chi connectivity index (χ2n) is 5.28. The molecule has 1 heterocycles. The largest absolute Gasteiger partial charge is 0.308 e. The molecule has 0 saturated heterocycles. The quantitative estimate of drug-likeness (QED) is 0.760. The van der Waals surface area contributed by atoms with E-state index in [1.54, 1.807) is 6.07 Å². The summed E-state index contributed by atoms with van der Waals surface area (Å²) < 4.78 is 0. The van der Waals surface area contributed by atoms with Crippen molar-refractivity contribution in [1.82, 2.24) is 20.0 Å². The van der Waals surface area contributed by atoms with Crippen molar-refractivity contribution in [2.45, 2.75) is 20.4 Å². The molecule has 0 bridgehead atoms. The maximum atomic E-state index is 5.74. The molecule has 1 rings (SSSR count). The third-order valence-electron chi connectivity index (χ3n) is 2.56. The summed E-state index contributed by atoms with van der Waals surface area (Å²) in [4.78, 5) is 4.60. The van der Waals surface area contributed by atoms with E-state index < -0.39 is 0 Å². The zero-order valence-corrected chi connectivity index (χ0v) is 12.5. The van der Waals surface area contributed by atoms with Crippen LogP contribution in [-0.2, 0) is 6.54 Å². The highest BCUT2D eigenvalue weighted by atomic mass is 35.5. The summed E-state index contributed by atoms with van der Waals surface area (Å²) in [6, 6.07) is 3.74. The molecule has 5 heteroatoms. The molecule has 0 aliphatic heterocycles. The van der Waals surface area contributed by atoms with Gasteiger partial charge in [-0.05, 0) is 32.1 Å². The zero-order valence-electron chi connectivity index (χ0n) is 11.7. The lowest BCUT2D eigenvalue weighted by Gasteiger charge is -2.25. The average molecular weight is 271 g/mol. The van der Waals surface area contributed by atoms with Gasteiger partial charge in [0.05, 0.1) is 5.69 Å². The van der Waals surface area contributed by atoms with Crippen LogP contribution in [0.3, 0.4) is 0 Å². The maximum absolute atomic E-state index is 5.74. The number of rotatable bonds is 7. The number of nitrogens with zero attached hydrogens (tertiary/aromatic N) is 4. The topological polar surface area (TPSA) is 32.3 Å². The molecule has 0 amide bonds. The van der Waals surface area contributed by atoms with Gasteiger partial charge in [-0.2, -0.15) is 5.10 Å². The lowest BCUT2D eigenvalue weighted by Crippen LogP contribution is -2.34. The van der Waals surface area contributed by atoms with E-state index in [1.807, 2.05) is 6.07 Å². The number of halogens is 1. The lowest BCUT2D eigenvalue weighted by molar-refractivity contribution is 0.209. The standard InChI is InChI=1S/C13H23ClN4/c1-11(2)9-18(8-7-17(3)4)10-12-5-6-13(14)16-15-12/h5-6,11H,7-10H2,1-4H3. The fraction of sp³-hybridized carbons (Fsp3) is 0.692. The van der Waals surface area contributed by atoms with Gasteiger partial charge in [0.15, 0.2) is 5.15 Å². The van der Waals surface area contributed by atoms with Crippen molar-refractivity contribution in [3.63, 3.8) is 0 Å². The van der Waals surface area contributed by atoms with Crippen molar-refractivity contribution in [2.24, 2.45) is 5.92 Å². The van der Waals surface area contributed by atoms with Gasteiger partial charge in [-0.1, -0.05) is 25.4 Å². The van der Waals surface area contributed by atoms with Gasteiger partial charge in [0, 0.05) is 26.2 Å². The third-order valence-corrected chi connectivity index (χ3v) is 2.76. The summed E-state index contributed by atoms with van der Waals surface area (Å²) in [6.45, 7) is 8.45. The molecule has 1 aromatic heterocycles. The van der Waals surface area contributed by atoms with Gasteiger partial charge in [-0.15, -0.1) is 5.10 Å². The first-order valence-electron chi connectivity index (χ1n) is 6.32. The molecule has 0 aliphatic carbocycles. The van der Waals surface area contributed by atoms with E-state index in [2.05, 4.69) is 47.9 Å². The number of aromatic nitrogens is 2. The van der Waals surface area contributed by atoms with Gasteiger partial charge >= 0.3 is 0 Å². The normalized spacial score (nSPS) is 11.8. The number of hydrogen-bond acceptors (Lipinski definition) is 4. The van der Waals surface area contributed by atoms with Crippen molar-refractivity contribution in [3.05, 3.63) is 23.0 Å². The van der Waals surface area contributed by atoms with E-state index in [1.165, 1.54) is 0 Å². The Labute approximate surface area is 115 Å². The summed E-state index contributed by atoms with van der Waals surface area (Å²) >= 11 is 5.74. The van der Waals surface area contributed by atoms with E-state index in [4.69, 9.17) is 11.6 Å². The lowest BCUT2D eigenvalue weighted by atomic mass is 10.2. The second kappa shape index (κ2) is 7.67. The summed E-state index contributed by atoms with van der Waals surface area (Å²) in [6.07, 6.45) is 0. The zero-order chi connectivity index (χ0) is 13.5. The van der Waals surface area contributed by atoms with Crippen LogP contribution >= 0.6 is 11.6 Å². The Hall–Kier alpha value is -0.710. The van der Waals surface area contributed by atoms with Crippen LogP contribution in [0, 0.1) is 5.92 Å². The predicted molar refractivity (Wildman–Crippen MR) is 75.7 cm³/mol. The molecule has 0 fully saturated rings. The van der Waals surface area contributed by atoms with Crippen LogP contribution in [0.25, 0.3) is 0 Å². The minimum Gasteiger partial charge on any atom is -0.308 e. The fourth-order valence-corrected chi connectivity index (χ4v) is 1.85. The summed E-state index contributed by atoms with van der Waals surface area (Å²) in [5, 5.41) is 8.45. The minimum absolute atomic E-state index is 0.447. The highest BCUT2D eigenvalue weighted by Gasteiger charge is 2.09. The van der Waals surface area contributed by atoms with E-state index in [0.29, 0.717) is 11.1 Å². The molecule has 18 heavy (non-hydrogen) atoms. The summed E-state index contributed by atoms with van der Waals surface area (Å²) in [7, 11) is 4.19. The smallest absolute Gasteiger partial charge is 0.151 e. The Morgan fingerprint density at radius 3 is 2.39 bits per heavy atom. The van der Waals surface area contributed by atoms with E-state index in [9.17, 15) is 0 Å². The van der Waals surface area contributed by atoms with Crippen molar-refractivity contribution < 1.29 is 0 Å². The van der Waals surface area contributed by atoms with Gasteiger partial charge in [0.1, 0.15) is 0 Å². The molecule has 0 unspecified atom stereocenters. The van der Waals surface area contributed by atoms with Gasteiger partial charge in [-0.3, -0.25) is 4.90 Å². The van der Waals surface area contributed by atoms with Crippen LogP contribution in [0.4, 0.5) is 0 Å². The monoisotopic (exact) mass is 270 g/mol. The fourth-order valence-electron chi connectivity index (χ4n) is 1.75. The predicted octanol–water partition coefficient (Wildman–Crippen LogP) is 2.15. The van der Waals surface area contributed by atoms with Crippen LogP contribution in [-0.4, -0.2) is 53.7 Å². The molecule has 0 saturated carbocycles. The van der Waals surface area contributed by atoms with E-state index in [-0.39, 0.29) is 0 Å². The highest BCUT2D eigenvalue weighted by molar-refractivity contribution is 6.29. The Balaban J connectivity index is 2.56. The summed E-state index contributed by atoms with van der Waals surface area (Å²) in [5.74, 6) is 0.646. The molecular weight excluding hydrogens is 248 g/mol. The molecule has 4 nitrogen and oxygen atoms in total. The molecule has 0 aromatic carbocycles. The van der Waals surface area contributed by atoms with E-state index in [0.717, 1.165) is 31.9 Å². The molecule has 0 spiro atoms. The average Bonchev–Trinajstić information content (AvgIpc) is 2.28. The maximum Gasteiger partial charge on any atom is 0.151 e. The van der Waals surface area contributed by atoms with Gasteiger partial charge in [0.25, 0.3) is 0 Å². The van der Waals surface area contributed by atoms with Crippen molar-refractivity contribution >= 4 is 11.6 Å². The van der Waals surface area contributed by atoms with Crippen LogP contribution in [0.15, 0.2) is 12.1 Å². The molecule has 1 aromatic rings. The first-order chi connectivity index (χ1) is 8.47. The van der Waals surface area contributed by atoms with Crippen molar-refractivity contribution in [3.8, 4) is 0 Å². The number of hydrogen-bond donors (Lipinski definition) is 0. The van der Waals surface area contributed by atoms with Gasteiger partial charge < -0.3 is 4.90 Å². The Morgan fingerprint density at radius 1 is 1.17 bits per heavy atom. The molecule has 0 atom stereocenters. The Bertz CT molecular complexity index is 337. The van der Waals surface area contributed by atoms with Crippen molar-refractivity contribution in [2.75, 3.05) is 33.7 Å². The molecule has 0 aliphatic rings. The molecule has 0 N–H and O–H groups in total. The first-order valence-corrected chi connectivity index (χ1v) is 6.70. The van der Waals surface area contributed by atoms with Crippen LogP contribution < -0.4 is 0 Å². The van der Waals surface area contributed by atoms with Crippen LogP contribution in [0.5, 0.6) is 0 Å². The molecular formula is C13H23ClN4. The molecule has 102 valence electrons. The second-order valence-corrected chi connectivity index (χ2v) is 5.67. The third kappa shape index (κ3) is 6.28. The van der Waals surface area contributed by atoms with Crippen molar-refractivity contribution in [1.29, 1.82) is 0 Å². The van der Waals surface area contributed by atoms with Gasteiger partial charge in [0.2, 0.25) is 0 Å². The van der Waals surface area contributed by atoms with Crippen LogP contribution in [0.2, 0.25) is 5.15 Å². The Morgan fingerprint density at radius 2 is 1.89 bits per heavy atom. The first kappa shape index (κ1) is 15.3. The molecule has 0 radical (unpaired) electrons. The van der Waals surface area contributed by atoms with Crippen LogP contribution in [0.1, 0.15) is 19.5 Å². The highest BCUT2D eigenvalue weighted by Crippen LogP contribution is 2.07. The SMILES string of the molecule is CC(C)CN(CCN(C)C)Cc1ccc(Cl)nn1. The Kier molecular flexibility index (Phi) is 6.54. The van der Waals surface area contributed by atoms with Gasteiger partial charge in [-0.25, -0.2) is 0 Å². The minimum atomic E-state index is 0.447. The van der Waals surface area contributed by atoms with E-state index >= 15 is 0 Å². The summed E-state index contributed by atoms with van der Waals surface area (Å²) in [5.41, 5.74) is 0.971.